The number of rotatable bonds is 5. The molecule has 0 radical (unpaired) electrons. The van der Waals surface area contributed by atoms with Gasteiger partial charge in [0, 0.05) is 7.11 Å². The predicted molar refractivity (Wildman–Crippen MR) is 74.2 cm³/mol. The summed E-state index contributed by atoms with van der Waals surface area (Å²) in [7, 11) is 1.81. The molecule has 0 saturated heterocycles. The van der Waals surface area contributed by atoms with Crippen LogP contribution in [0.4, 0.5) is 0 Å². The molecular weight excluding hydrogens is 224 g/mol. The van der Waals surface area contributed by atoms with Crippen molar-refractivity contribution in [3.63, 3.8) is 0 Å². The highest BCUT2D eigenvalue weighted by molar-refractivity contribution is 5.23. The second-order valence-corrected chi connectivity index (χ2v) is 5.38. The lowest BCUT2D eigenvalue weighted by Gasteiger charge is -2.36. The van der Waals surface area contributed by atoms with E-state index in [0.717, 1.165) is 19.3 Å². The first kappa shape index (κ1) is 13.5. The minimum atomic E-state index is -0.0837. The standard InChI is InChI=1S/C15H24N2O/c1-12-5-7-13(8-6-12)11-14(17-16)15(18-2)9-3-4-10-15/h5-8,14,17H,3-4,9-11,16H2,1-2H3. The summed E-state index contributed by atoms with van der Waals surface area (Å²) in [5, 5.41) is 0. The van der Waals surface area contributed by atoms with Crippen LogP contribution in [0.15, 0.2) is 24.3 Å². The molecule has 1 aliphatic rings. The number of nitrogens with one attached hydrogen (secondary N) is 1. The molecule has 1 unspecified atom stereocenters. The van der Waals surface area contributed by atoms with Crippen LogP contribution in [0.5, 0.6) is 0 Å². The van der Waals surface area contributed by atoms with Crippen molar-refractivity contribution < 1.29 is 4.74 Å². The van der Waals surface area contributed by atoms with Gasteiger partial charge in [0.25, 0.3) is 0 Å². The first-order chi connectivity index (χ1) is 8.70. The van der Waals surface area contributed by atoms with E-state index in [1.807, 2.05) is 7.11 Å². The van der Waals surface area contributed by atoms with Gasteiger partial charge in [0.2, 0.25) is 0 Å². The van der Waals surface area contributed by atoms with Gasteiger partial charge in [0.1, 0.15) is 0 Å². The topological polar surface area (TPSA) is 47.3 Å². The molecule has 0 aliphatic heterocycles. The fourth-order valence-electron chi connectivity index (χ4n) is 3.02. The van der Waals surface area contributed by atoms with E-state index in [1.165, 1.54) is 24.0 Å². The molecular formula is C15H24N2O. The summed E-state index contributed by atoms with van der Waals surface area (Å²) >= 11 is 0. The number of hydrogen-bond acceptors (Lipinski definition) is 3. The number of nitrogens with two attached hydrogens (primary N) is 1. The maximum atomic E-state index is 5.81. The van der Waals surface area contributed by atoms with Crippen molar-refractivity contribution in [2.24, 2.45) is 5.84 Å². The Morgan fingerprint density at radius 3 is 2.39 bits per heavy atom. The van der Waals surface area contributed by atoms with Crippen molar-refractivity contribution in [2.45, 2.75) is 50.7 Å². The van der Waals surface area contributed by atoms with Crippen LogP contribution in [-0.4, -0.2) is 18.8 Å². The van der Waals surface area contributed by atoms with Gasteiger partial charge in [0.05, 0.1) is 11.6 Å². The Morgan fingerprint density at radius 2 is 1.89 bits per heavy atom. The molecule has 100 valence electrons. The molecule has 18 heavy (non-hydrogen) atoms. The normalized spacial score (nSPS) is 19.9. The molecule has 0 bridgehead atoms. The van der Waals surface area contributed by atoms with Crippen LogP contribution in [0.2, 0.25) is 0 Å². The van der Waals surface area contributed by atoms with Gasteiger partial charge in [-0.05, 0) is 31.7 Å². The number of benzene rings is 1. The van der Waals surface area contributed by atoms with Gasteiger partial charge in [-0.3, -0.25) is 11.3 Å². The third-order valence-electron chi connectivity index (χ3n) is 4.25. The Kier molecular flexibility index (Phi) is 4.38. The maximum Gasteiger partial charge on any atom is 0.0847 e. The smallest absolute Gasteiger partial charge is 0.0847 e. The fraction of sp³-hybridized carbons (Fsp3) is 0.600. The fourth-order valence-corrected chi connectivity index (χ4v) is 3.02. The van der Waals surface area contributed by atoms with Gasteiger partial charge < -0.3 is 4.74 Å². The largest absolute Gasteiger partial charge is 0.377 e. The summed E-state index contributed by atoms with van der Waals surface area (Å²) in [5.74, 6) is 5.76. The molecule has 0 amide bonds. The zero-order valence-electron chi connectivity index (χ0n) is 11.4. The highest BCUT2D eigenvalue weighted by Crippen LogP contribution is 2.36. The molecule has 3 heteroatoms. The van der Waals surface area contributed by atoms with Gasteiger partial charge in [-0.15, -0.1) is 0 Å². The second kappa shape index (κ2) is 5.83. The summed E-state index contributed by atoms with van der Waals surface area (Å²) in [4.78, 5) is 0. The Bertz CT molecular complexity index is 369. The number of hydrazine groups is 1. The van der Waals surface area contributed by atoms with E-state index in [4.69, 9.17) is 10.6 Å². The maximum absolute atomic E-state index is 5.81. The second-order valence-electron chi connectivity index (χ2n) is 5.38. The molecule has 1 fully saturated rings. The van der Waals surface area contributed by atoms with E-state index in [-0.39, 0.29) is 11.6 Å². The van der Waals surface area contributed by atoms with Crippen LogP contribution in [0.3, 0.4) is 0 Å². The molecule has 1 aromatic rings. The third kappa shape index (κ3) is 2.74. The lowest BCUT2D eigenvalue weighted by molar-refractivity contribution is -0.0355. The van der Waals surface area contributed by atoms with Crippen molar-refractivity contribution in [3.8, 4) is 0 Å². The SMILES string of the molecule is COC1(C(Cc2ccc(C)cc2)NN)CCCC1. The number of ether oxygens (including phenoxy) is 1. The summed E-state index contributed by atoms with van der Waals surface area (Å²) in [6.45, 7) is 2.11. The molecule has 1 aromatic carbocycles. The zero-order valence-corrected chi connectivity index (χ0v) is 11.4. The van der Waals surface area contributed by atoms with Crippen LogP contribution < -0.4 is 11.3 Å². The molecule has 3 N–H and O–H groups in total. The summed E-state index contributed by atoms with van der Waals surface area (Å²) in [5.41, 5.74) is 5.49. The van der Waals surface area contributed by atoms with Crippen LogP contribution in [0, 0.1) is 6.92 Å². The van der Waals surface area contributed by atoms with E-state index >= 15 is 0 Å². The molecule has 2 rings (SSSR count). The van der Waals surface area contributed by atoms with Crippen LogP contribution >= 0.6 is 0 Å². The van der Waals surface area contributed by atoms with Crippen molar-refractivity contribution in [1.29, 1.82) is 0 Å². The summed E-state index contributed by atoms with van der Waals surface area (Å²) in [6.07, 6.45) is 5.60. The van der Waals surface area contributed by atoms with Gasteiger partial charge in [-0.25, -0.2) is 0 Å². The molecule has 3 nitrogen and oxygen atoms in total. The highest BCUT2D eigenvalue weighted by Gasteiger charge is 2.41. The number of methoxy groups -OCH3 is 1. The minimum absolute atomic E-state index is 0.0837. The van der Waals surface area contributed by atoms with Crippen molar-refractivity contribution in [2.75, 3.05) is 7.11 Å². The molecule has 0 spiro atoms. The van der Waals surface area contributed by atoms with Crippen molar-refractivity contribution >= 4 is 0 Å². The van der Waals surface area contributed by atoms with Gasteiger partial charge in [0.15, 0.2) is 0 Å². The summed E-state index contributed by atoms with van der Waals surface area (Å²) in [6, 6.07) is 8.84. The van der Waals surface area contributed by atoms with E-state index in [1.54, 1.807) is 0 Å². The Hall–Kier alpha value is -0.900. The van der Waals surface area contributed by atoms with E-state index in [9.17, 15) is 0 Å². The monoisotopic (exact) mass is 248 g/mol. The Morgan fingerprint density at radius 1 is 1.28 bits per heavy atom. The number of hydrogen-bond donors (Lipinski definition) is 2. The molecule has 0 aromatic heterocycles. The quantitative estimate of drug-likeness (QED) is 0.621. The van der Waals surface area contributed by atoms with Crippen LogP contribution in [0.1, 0.15) is 36.8 Å². The van der Waals surface area contributed by atoms with E-state index in [2.05, 4.69) is 36.6 Å². The Labute approximate surface area is 110 Å². The summed E-state index contributed by atoms with van der Waals surface area (Å²) < 4.78 is 5.81. The number of aryl methyl sites for hydroxylation is 1. The molecule has 1 aliphatic carbocycles. The van der Waals surface area contributed by atoms with Gasteiger partial charge in [-0.2, -0.15) is 0 Å². The average Bonchev–Trinajstić information content (AvgIpc) is 2.88. The predicted octanol–water partition coefficient (Wildman–Crippen LogP) is 2.33. The Balaban J connectivity index is 2.11. The van der Waals surface area contributed by atoms with E-state index < -0.39 is 0 Å². The molecule has 1 atom stereocenters. The van der Waals surface area contributed by atoms with Crippen molar-refractivity contribution in [1.82, 2.24) is 5.43 Å². The minimum Gasteiger partial charge on any atom is -0.377 e. The van der Waals surface area contributed by atoms with Crippen LogP contribution in [0.25, 0.3) is 0 Å². The average molecular weight is 248 g/mol. The van der Waals surface area contributed by atoms with Crippen LogP contribution in [-0.2, 0) is 11.2 Å². The van der Waals surface area contributed by atoms with E-state index in [0.29, 0.717) is 0 Å². The van der Waals surface area contributed by atoms with Crippen molar-refractivity contribution in [3.05, 3.63) is 35.4 Å². The molecule has 1 saturated carbocycles. The molecule has 0 heterocycles. The highest BCUT2D eigenvalue weighted by atomic mass is 16.5. The lowest BCUT2D eigenvalue weighted by Crippen LogP contribution is -2.54. The van der Waals surface area contributed by atoms with Gasteiger partial charge >= 0.3 is 0 Å². The third-order valence-corrected chi connectivity index (χ3v) is 4.25. The van der Waals surface area contributed by atoms with Gasteiger partial charge in [-0.1, -0.05) is 42.7 Å². The first-order valence-electron chi connectivity index (χ1n) is 6.77. The lowest BCUT2D eigenvalue weighted by atomic mass is 9.87. The zero-order chi connectivity index (χ0) is 13.0. The first-order valence-corrected chi connectivity index (χ1v) is 6.77.